The molecule has 2 nitrogen and oxygen atoms in total. The van der Waals surface area contributed by atoms with Crippen LogP contribution in [0.3, 0.4) is 0 Å². The molecule has 1 aromatic carbocycles. The van der Waals surface area contributed by atoms with E-state index in [1.807, 2.05) is 19.1 Å². The molecule has 16 heavy (non-hydrogen) atoms. The van der Waals surface area contributed by atoms with Crippen LogP contribution >= 0.6 is 0 Å². The molecule has 0 aromatic heterocycles. The van der Waals surface area contributed by atoms with E-state index < -0.39 is 0 Å². The highest BCUT2D eigenvalue weighted by molar-refractivity contribution is 5.93. The van der Waals surface area contributed by atoms with Crippen molar-refractivity contribution in [1.82, 2.24) is 0 Å². The number of aryl methyl sites for hydroxylation is 2. The molecule has 0 aliphatic rings. The Labute approximate surface area is 98.1 Å². The zero-order chi connectivity index (χ0) is 12.1. The first-order chi connectivity index (χ1) is 7.58. The van der Waals surface area contributed by atoms with E-state index in [4.69, 9.17) is 0 Å². The molecule has 0 bridgehead atoms. The third kappa shape index (κ3) is 3.09. The van der Waals surface area contributed by atoms with Crippen molar-refractivity contribution in [3.05, 3.63) is 29.3 Å². The highest BCUT2D eigenvalue weighted by Gasteiger charge is 2.14. The number of hydrogen-bond acceptors (Lipinski definition) is 1. The lowest BCUT2D eigenvalue weighted by atomic mass is 10.0. The van der Waals surface area contributed by atoms with Gasteiger partial charge < -0.3 is 5.32 Å². The van der Waals surface area contributed by atoms with Crippen molar-refractivity contribution < 1.29 is 4.79 Å². The van der Waals surface area contributed by atoms with Crippen molar-refractivity contribution in [3.63, 3.8) is 0 Å². The Bertz CT molecular complexity index is 367. The first kappa shape index (κ1) is 12.8. The first-order valence-corrected chi connectivity index (χ1v) is 5.96. The van der Waals surface area contributed by atoms with Crippen LogP contribution in [-0.4, -0.2) is 5.91 Å². The fraction of sp³-hybridized carbons (Fsp3) is 0.500. The molecule has 1 aromatic rings. The van der Waals surface area contributed by atoms with Gasteiger partial charge in [-0.15, -0.1) is 0 Å². The monoisotopic (exact) mass is 219 g/mol. The summed E-state index contributed by atoms with van der Waals surface area (Å²) in [5.74, 6) is 0.262. The van der Waals surface area contributed by atoms with Crippen molar-refractivity contribution in [3.8, 4) is 0 Å². The number of hydrogen-bond donors (Lipinski definition) is 1. The van der Waals surface area contributed by atoms with Gasteiger partial charge in [-0.2, -0.15) is 0 Å². The molecule has 2 heteroatoms. The fourth-order valence-corrected chi connectivity index (χ4v) is 1.85. The fourth-order valence-electron chi connectivity index (χ4n) is 1.85. The SMILES string of the molecule is CCC(CC)C(=O)Nc1ccc(C)cc1C. The average molecular weight is 219 g/mol. The first-order valence-electron chi connectivity index (χ1n) is 5.96. The van der Waals surface area contributed by atoms with Crippen LogP contribution in [0.25, 0.3) is 0 Å². The van der Waals surface area contributed by atoms with Crippen LogP contribution in [0.4, 0.5) is 5.69 Å². The van der Waals surface area contributed by atoms with E-state index in [1.165, 1.54) is 5.56 Å². The van der Waals surface area contributed by atoms with Gasteiger partial charge >= 0.3 is 0 Å². The standard InChI is InChI=1S/C14H21NO/c1-5-12(6-2)14(16)15-13-8-7-10(3)9-11(13)4/h7-9,12H,5-6H2,1-4H3,(H,15,16). The lowest BCUT2D eigenvalue weighted by molar-refractivity contribution is -0.120. The van der Waals surface area contributed by atoms with Gasteiger partial charge in [-0.3, -0.25) is 4.79 Å². The molecule has 1 N–H and O–H groups in total. The predicted molar refractivity (Wildman–Crippen MR) is 68.6 cm³/mol. The van der Waals surface area contributed by atoms with Crippen LogP contribution in [-0.2, 0) is 4.79 Å². The van der Waals surface area contributed by atoms with Crippen molar-refractivity contribution in [1.29, 1.82) is 0 Å². The van der Waals surface area contributed by atoms with Crippen LogP contribution in [0.5, 0.6) is 0 Å². The molecule has 0 aliphatic heterocycles. The van der Waals surface area contributed by atoms with E-state index in [0.717, 1.165) is 24.1 Å². The Morgan fingerprint density at radius 2 is 1.88 bits per heavy atom. The summed E-state index contributed by atoms with van der Waals surface area (Å²) in [6.45, 7) is 8.18. The van der Waals surface area contributed by atoms with Crippen molar-refractivity contribution >= 4 is 11.6 Å². The van der Waals surface area contributed by atoms with E-state index in [-0.39, 0.29) is 11.8 Å². The van der Waals surface area contributed by atoms with Gasteiger partial charge in [0.2, 0.25) is 5.91 Å². The second kappa shape index (κ2) is 5.69. The highest BCUT2D eigenvalue weighted by atomic mass is 16.1. The predicted octanol–water partition coefficient (Wildman–Crippen LogP) is 3.68. The summed E-state index contributed by atoms with van der Waals surface area (Å²) in [5, 5.41) is 3.00. The van der Waals surface area contributed by atoms with Crippen molar-refractivity contribution in [2.75, 3.05) is 5.32 Å². The number of carbonyl (C=O) groups excluding carboxylic acids is 1. The van der Waals surface area contributed by atoms with E-state index in [2.05, 4.69) is 32.2 Å². The zero-order valence-electron chi connectivity index (χ0n) is 10.6. The maximum atomic E-state index is 11.9. The topological polar surface area (TPSA) is 29.1 Å². The summed E-state index contributed by atoms with van der Waals surface area (Å²) >= 11 is 0. The number of anilines is 1. The molecule has 1 rings (SSSR count). The Morgan fingerprint density at radius 3 is 2.38 bits per heavy atom. The molecule has 0 aliphatic carbocycles. The summed E-state index contributed by atoms with van der Waals surface area (Å²) in [7, 11) is 0. The van der Waals surface area contributed by atoms with E-state index in [0.29, 0.717) is 0 Å². The van der Waals surface area contributed by atoms with Crippen molar-refractivity contribution in [2.45, 2.75) is 40.5 Å². The van der Waals surface area contributed by atoms with Gasteiger partial charge in [0.25, 0.3) is 0 Å². The number of amides is 1. The maximum Gasteiger partial charge on any atom is 0.227 e. The molecule has 0 unspecified atom stereocenters. The summed E-state index contributed by atoms with van der Waals surface area (Å²) in [6.07, 6.45) is 1.79. The number of rotatable bonds is 4. The summed E-state index contributed by atoms with van der Waals surface area (Å²) in [5.41, 5.74) is 3.28. The molecule has 0 spiro atoms. The largest absolute Gasteiger partial charge is 0.326 e. The summed E-state index contributed by atoms with van der Waals surface area (Å²) in [4.78, 5) is 11.9. The minimum absolute atomic E-state index is 0.126. The molecular formula is C14H21NO. The van der Waals surface area contributed by atoms with E-state index >= 15 is 0 Å². The summed E-state index contributed by atoms with van der Waals surface area (Å²) < 4.78 is 0. The van der Waals surface area contributed by atoms with Gasteiger partial charge in [-0.25, -0.2) is 0 Å². The number of benzene rings is 1. The van der Waals surface area contributed by atoms with Crippen LogP contribution in [0, 0.1) is 19.8 Å². The smallest absolute Gasteiger partial charge is 0.227 e. The highest BCUT2D eigenvalue weighted by Crippen LogP contribution is 2.18. The van der Waals surface area contributed by atoms with Gasteiger partial charge in [-0.1, -0.05) is 31.5 Å². The van der Waals surface area contributed by atoms with Gasteiger partial charge in [0.05, 0.1) is 0 Å². The van der Waals surface area contributed by atoms with Crippen molar-refractivity contribution in [2.24, 2.45) is 5.92 Å². The second-order valence-electron chi connectivity index (χ2n) is 4.32. The molecule has 0 saturated carbocycles. The zero-order valence-corrected chi connectivity index (χ0v) is 10.6. The lowest BCUT2D eigenvalue weighted by Gasteiger charge is -2.14. The Kier molecular flexibility index (Phi) is 4.53. The Hall–Kier alpha value is -1.31. The molecule has 0 fully saturated rings. The molecule has 1 amide bonds. The minimum atomic E-state index is 0.126. The molecule has 0 radical (unpaired) electrons. The molecular weight excluding hydrogens is 198 g/mol. The lowest BCUT2D eigenvalue weighted by Crippen LogP contribution is -2.22. The van der Waals surface area contributed by atoms with Crippen LogP contribution in [0.1, 0.15) is 37.8 Å². The van der Waals surface area contributed by atoms with Crippen LogP contribution in [0.2, 0.25) is 0 Å². The molecule has 0 atom stereocenters. The van der Waals surface area contributed by atoms with Gasteiger partial charge in [-0.05, 0) is 38.3 Å². The second-order valence-corrected chi connectivity index (χ2v) is 4.32. The Morgan fingerprint density at radius 1 is 1.25 bits per heavy atom. The van der Waals surface area contributed by atoms with E-state index in [1.54, 1.807) is 0 Å². The van der Waals surface area contributed by atoms with Crippen LogP contribution < -0.4 is 5.32 Å². The maximum absolute atomic E-state index is 11.9. The number of carbonyl (C=O) groups is 1. The summed E-state index contributed by atoms with van der Waals surface area (Å²) in [6, 6.07) is 6.09. The van der Waals surface area contributed by atoms with Gasteiger partial charge in [0, 0.05) is 11.6 Å². The molecule has 0 heterocycles. The third-order valence-electron chi connectivity index (χ3n) is 3.00. The quantitative estimate of drug-likeness (QED) is 0.822. The molecule has 88 valence electrons. The Balaban J connectivity index is 2.76. The van der Waals surface area contributed by atoms with Gasteiger partial charge in [0.15, 0.2) is 0 Å². The number of nitrogens with one attached hydrogen (secondary N) is 1. The minimum Gasteiger partial charge on any atom is -0.326 e. The average Bonchev–Trinajstić information content (AvgIpc) is 2.24. The molecule has 0 saturated heterocycles. The van der Waals surface area contributed by atoms with Gasteiger partial charge in [0.1, 0.15) is 0 Å². The van der Waals surface area contributed by atoms with Crippen LogP contribution in [0.15, 0.2) is 18.2 Å². The normalized spacial score (nSPS) is 10.6. The third-order valence-corrected chi connectivity index (χ3v) is 3.00. The van der Waals surface area contributed by atoms with E-state index in [9.17, 15) is 4.79 Å².